The van der Waals surface area contributed by atoms with Gasteiger partial charge in [-0.05, 0) is 53.6 Å². The zero-order chi connectivity index (χ0) is 19.3. The van der Waals surface area contributed by atoms with Gasteiger partial charge in [0, 0.05) is 18.7 Å². The van der Waals surface area contributed by atoms with Gasteiger partial charge >= 0.3 is 0 Å². The summed E-state index contributed by atoms with van der Waals surface area (Å²) in [5, 5.41) is 2.94. The SMILES string of the molecule is CC(C)(C)c1ccc(OCc2ccc(C(=O)NC[C@@H]3CCCO3)cc2)cc1. The second-order valence-electron chi connectivity index (χ2n) is 8.11. The van der Waals surface area contributed by atoms with Crippen LogP contribution >= 0.6 is 0 Å². The minimum Gasteiger partial charge on any atom is -0.489 e. The zero-order valence-electron chi connectivity index (χ0n) is 16.5. The third-order valence-corrected chi connectivity index (χ3v) is 4.86. The predicted octanol–water partition coefficient (Wildman–Crippen LogP) is 4.47. The second-order valence-corrected chi connectivity index (χ2v) is 8.11. The van der Waals surface area contributed by atoms with E-state index in [1.54, 1.807) is 0 Å². The van der Waals surface area contributed by atoms with Gasteiger partial charge in [-0.2, -0.15) is 0 Å². The fourth-order valence-electron chi connectivity index (χ4n) is 3.08. The summed E-state index contributed by atoms with van der Waals surface area (Å²) in [6.45, 7) is 8.44. The molecule has 0 unspecified atom stereocenters. The van der Waals surface area contributed by atoms with Crippen molar-refractivity contribution in [3.63, 3.8) is 0 Å². The Morgan fingerprint density at radius 1 is 1.11 bits per heavy atom. The van der Waals surface area contributed by atoms with Gasteiger partial charge < -0.3 is 14.8 Å². The largest absolute Gasteiger partial charge is 0.489 e. The molecule has 144 valence electrons. The van der Waals surface area contributed by atoms with Crippen molar-refractivity contribution in [2.24, 2.45) is 0 Å². The molecule has 2 aromatic rings. The molecule has 0 radical (unpaired) electrons. The smallest absolute Gasteiger partial charge is 0.251 e. The highest BCUT2D eigenvalue weighted by molar-refractivity contribution is 5.94. The van der Waals surface area contributed by atoms with Crippen molar-refractivity contribution in [2.45, 2.75) is 51.7 Å². The molecule has 27 heavy (non-hydrogen) atoms. The second kappa shape index (κ2) is 8.57. The van der Waals surface area contributed by atoms with E-state index in [9.17, 15) is 4.79 Å². The van der Waals surface area contributed by atoms with Crippen molar-refractivity contribution in [2.75, 3.05) is 13.2 Å². The van der Waals surface area contributed by atoms with Crippen LogP contribution in [-0.4, -0.2) is 25.2 Å². The maximum Gasteiger partial charge on any atom is 0.251 e. The summed E-state index contributed by atoms with van der Waals surface area (Å²) >= 11 is 0. The number of rotatable bonds is 6. The molecule has 0 spiro atoms. The van der Waals surface area contributed by atoms with Crippen LogP contribution in [0, 0.1) is 0 Å². The van der Waals surface area contributed by atoms with Crippen LogP contribution in [0.25, 0.3) is 0 Å². The van der Waals surface area contributed by atoms with Crippen LogP contribution in [0.3, 0.4) is 0 Å². The first kappa shape index (κ1) is 19.4. The Balaban J connectivity index is 1.49. The van der Waals surface area contributed by atoms with Crippen LogP contribution in [0.2, 0.25) is 0 Å². The van der Waals surface area contributed by atoms with E-state index in [1.165, 1.54) is 5.56 Å². The monoisotopic (exact) mass is 367 g/mol. The van der Waals surface area contributed by atoms with Crippen molar-refractivity contribution >= 4 is 5.91 Å². The van der Waals surface area contributed by atoms with E-state index in [4.69, 9.17) is 9.47 Å². The van der Waals surface area contributed by atoms with Crippen LogP contribution in [0.5, 0.6) is 5.75 Å². The first-order valence-electron chi connectivity index (χ1n) is 9.64. The molecule has 0 aromatic heterocycles. The van der Waals surface area contributed by atoms with E-state index in [2.05, 4.69) is 38.2 Å². The van der Waals surface area contributed by atoms with Crippen LogP contribution in [0.1, 0.15) is 55.1 Å². The Kier molecular flexibility index (Phi) is 6.17. The number of amides is 1. The highest BCUT2D eigenvalue weighted by atomic mass is 16.5. The van der Waals surface area contributed by atoms with Gasteiger partial charge in [0.1, 0.15) is 12.4 Å². The van der Waals surface area contributed by atoms with Gasteiger partial charge in [-0.15, -0.1) is 0 Å². The lowest BCUT2D eigenvalue weighted by Gasteiger charge is -2.19. The van der Waals surface area contributed by atoms with Crippen molar-refractivity contribution in [1.82, 2.24) is 5.32 Å². The number of hydrogen-bond acceptors (Lipinski definition) is 3. The predicted molar refractivity (Wildman–Crippen MR) is 107 cm³/mol. The lowest BCUT2D eigenvalue weighted by Crippen LogP contribution is -2.31. The summed E-state index contributed by atoms with van der Waals surface area (Å²) in [7, 11) is 0. The number of nitrogens with one attached hydrogen (secondary N) is 1. The van der Waals surface area contributed by atoms with E-state index in [1.807, 2.05) is 36.4 Å². The Hall–Kier alpha value is -2.33. The minimum atomic E-state index is -0.0595. The molecule has 1 atom stereocenters. The van der Waals surface area contributed by atoms with Crippen LogP contribution in [0.15, 0.2) is 48.5 Å². The molecule has 0 saturated carbocycles. The van der Waals surface area contributed by atoms with Crippen LogP contribution in [0.4, 0.5) is 0 Å². The Bertz CT molecular complexity index is 739. The molecule has 4 nitrogen and oxygen atoms in total. The van der Waals surface area contributed by atoms with Gasteiger partial charge in [0.2, 0.25) is 0 Å². The third-order valence-electron chi connectivity index (χ3n) is 4.86. The highest BCUT2D eigenvalue weighted by Gasteiger charge is 2.16. The zero-order valence-corrected chi connectivity index (χ0v) is 16.5. The minimum absolute atomic E-state index is 0.0595. The third kappa shape index (κ3) is 5.57. The summed E-state index contributed by atoms with van der Waals surface area (Å²) in [5.41, 5.74) is 3.11. The normalized spacial score (nSPS) is 16.9. The molecule has 1 saturated heterocycles. The van der Waals surface area contributed by atoms with Crippen LogP contribution in [-0.2, 0) is 16.8 Å². The number of carbonyl (C=O) groups excluding carboxylic acids is 1. The molecule has 1 heterocycles. The van der Waals surface area contributed by atoms with E-state index >= 15 is 0 Å². The Morgan fingerprint density at radius 3 is 2.41 bits per heavy atom. The van der Waals surface area contributed by atoms with Gasteiger partial charge in [-0.25, -0.2) is 0 Å². The molecular weight excluding hydrogens is 338 g/mol. The average molecular weight is 367 g/mol. The molecule has 1 aliphatic heterocycles. The van der Waals surface area contributed by atoms with E-state index in [0.29, 0.717) is 18.7 Å². The quantitative estimate of drug-likeness (QED) is 0.819. The summed E-state index contributed by atoms with van der Waals surface area (Å²) < 4.78 is 11.4. The first-order chi connectivity index (χ1) is 12.9. The topological polar surface area (TPSA) is 47.6 Å². The van der Waals surface area contributed by atoms with Crippen molar-refractivity contribution in [3.05, 3.63) is 65.2 Å². The van der Waals surface area contributed by atoms with Gasteiger partial charge in [0.15, 0.2) is 0 Å². The first-order valence-corrected chi connectivity index (χ1v) is 9.64. The van der Waals surface area contributed by atoms with E-state index in [-0.39, 0.29) is 17.4 Å². The molecule has 2 aromatic carbocycles. The fraction of sp³-hybridized carbons (Fsp3) is 0.435. The Morgan fingerprint density at radius 2 is 1.81 bits per heavy atom. The standard InChI is InChI=1S/C23H29NO3/c1-23(2,3)19-10-12-20(13-11-19)27-16-17-6-8-18(9-7-17)22(25)24-15-21-5-4-14-26-21/h6-13,21H,4-5,14-16H2,1-3H3,(H,24,25)/t21-/m0/s1. The van der Waals surface area contributed by atoms with Gasteiger partial charge in [0.25, 0.3) is 5.91 Å². The molecule has 1 fully saturated rings. The highest BCUT2D eigenvalue weighted by Crippen LogP contribution is 2.24. The van der Waals surface area contributed by atoms with Crippen molar-refractivity contribution in [3.8, 4) is 5.75 Å². The molecule has 3 rings (SSSR count). The molecule has 0 aliphatic carbocycles. The van der Waals surface area contributed by atoms with Gasteiger partial charge in [-0.1, -0.05) is 45.0 Å². The molecule has 4 heteroatoms. The lowest BCUT2D eigenvalue weighted by molar-refractivity contribution is 0.0857. The average Bonchev–Trinajstić information content (AvgIpc) is 3.18. The summed E-state index contributed by atoms with van der Waals surface area (Å²) in [5.74, 6) is 0.789. The molecular formula is C23H29NO3. The maximum absolute atomic E-state index is 12.2. The van der Waals surface area contributed by atoms with Crippen LogP contribution < -0.4 is 10.1 Å². The lowest BCUT2D eigenvalue weighted by atomic mass is 9.87. The van der Waals surface area contributed by atoms with Gasteiger partial charge in [0.05, 0.1) is 6.10 Å². The summed E-state index contributed by atoms with van der Waals surface area (Å²) in [6, 6.07) is 15.8. The number of carbonyl (C=O) groups is 1. The van der Waals surface area contributed by atoms with Crippen molar-refractivity contribution < 1.29 is 14.3 Å². The van der Waals surface area contributed by atoms with Gasteiger partial charge in [-0.3, -0.25) is 4.79 Å². The molecule has 1 aliphatic rings. The van der Waals surface area contributed by atoms with E-state index in [0.717, 1.165) is 30.8 Å². The number of hydrogen-bond donors (Lipinski definition) is 1. The number of ether oxygens (including phenoxy) is 2. The number of benzene rings is 2. The summed E-state index contributed by atoms with van der Waals surface area (Å²) in [6.07, 6.45) is 2.26. The Labute approximate surface area is 161 Å². The van der Waals surface area contributed by atoms with E-state index < -0.39 is 0 Å². The maximum atomic E-state index is 12.2. The summed E-state index contributed by atoms with van der Waals surface area (Å²) in [4.78, 5) is 12.2. The van der Waals surface area contributed by atoms with Crippen molar-refractivity contribution in [1.29, 1.82) is 0 Å². The molecule has 1 N–H and O–H groups in total. The fourth-order valence-corrected chi connectivity index (χ4v) is 3.08. The molecule has 0 bridgehead atoms. The molecule has 1 amide bonds.